The number of fused-ring (bicyclic) bond motifs is 1. The van der Waals surface area contributed by atoms with Crippen molar-refractivity contribution in [2.24, 2.45) is 0 Å². The fourth-order valence-corrected chi connectivity index (χ4v) is 3.11. The van der Waals surface area contributed by atoms with Crippen LogP contribution in [0.5, 0.6) is 0 Å². The summed E-state index contributed by atoms with van der Waals surface area (Å²) in [6.07, 6.45) is 5.44. The zero-order valence-electron chi connectivity index (χ0n) is 17.0. The second-order valence-electron chi connectivity index (χ2n) is 7.97. The van der Waals surface area contributed by atoms with Gasteiger partial charge in [-0.1, -0.05) is 45.0 Å². The molecule has 0 unspecified atom stereocenters. The Bertz CT molecular complexity index is 976. The number of ether oxygens (including phenoxy) is 1. The lowest BCUT2D eigenvalue weighted by Gasteiger charge is -2.18. The molecule has 0 saturated carbocycles. The lowest BCUT2D eigenvalue weighted by Crippen LogP contribution is -2.10. The van der Waals surface area contributed by atoms with Crippen LogP contribution in [0.25, 0.3) is 17.0 Å². The molecule has 146 valence electrons. The Balaban J connectivity index is 1.65. The second kappa shape index (κ2) is 8.44. The van der Waals surface area contributed by atoms with Gasteiger partial charge in [-0.3, -0.25) is 4.79 Å². The SMILES string of the molecule is COCCn1ccc2cc(NC(=O)C=Cc3ccc(C(C)(C)C)cc3)ccc21. The van der Waals surface area contributed by atoms with Crippen molar-refractivity contribution >= 4 is 28.6 Å². The summed E-state index contributed by atoms with van der Waals surface area (Å²) in [7, 11) is 1.70. The Hall–Kier alpha value is -2.85. The number of nitrogens with zero attached hydrogens (tertiary/aromatic N) is 1. The summed E-state index contributed by atoms with van der Waals surface area (Å²) in [5.74, 6) is -0.141. The van der Waals surface area contributed by atoms with Crippen LogP contribution in [-0.2, 0) is 21.5 Å². The molecule has 0 aliphatic carbocycles. The molecule has 3 aromatic rings. The third-order valence-electron chi connectivity index (χ3n) is 4.78. The van der Waals surface area contributed by atoms with Gasteiger partial charge in [0.15, 0.2) is 0 Å². The van der Waals surface area contributed by atoms with Crippen molar-refractivity contribution in [3.8, 4) is 0 Å². The predicted molar refractivity (Wildman–Crippen MR) is 117 cm³/mol. The fraction of sp³-hybridized carbons (Fsp3) is 0.292. The van der Waals surface area contributed by atoms with E-state index in [-0.39, 0.29) is 11.3 Å². The van der Waals surface area contributed by atoms with Crippen molar-refractivity contribution < 1.29 is 9.53 Å². The van der Waals surface area contributed by atoms with Crippen LogP contribution in [0.15, 0.2) is 60.8 Å². The van der Waals surface area contributed by atoms with E-state index in [0.717, 1.165) is 28.7 Å². The van der Waals surface area contributed by atoms with Crippen LogP contribution < -0.4 is 5.32 Å². The molecule has 1 aromatic heterocycles. The molecule has 0 fully saturated rings. The van der Waals surface area contributed by atoms with Crippen LogP contribution in [0.1, 0.15) is 31.9 Å². The maximum absolute atomic E-state index is 12.3. The highest BCUT2D eigenvalue weighted by atomic mass is 16.5. The zero-order chi connectivity index (χ0) is 20.1. The van der Waals surface area contributed by atoms with E-state index in [4.69, 9.17) is 4.74 Å². The molecule has 1 amide bonds. The number of hydrogen-bond donors (Lipinski definition) is 1. The van der Waals surface area contributed by atoms with Crippen LogP contribution in [0, 0.1) is 0 Å². The minimum atomic E-state index is -0.141. The first-order chi connectivity index (χ1) is 13.4. The first kappa shape index (κ1) is 19.9. The summed E-state index contributed by atoms with van der Waals surface area (Å²) in [6, 6.07) is 16.3. The van der Waals surface area contributed by atoms with Gasteiger partial charge in [-0.25, -0.2) is 0 Å². The van der Waals surface area contributed by atoms with Gasteiger partial charge in [-0.15, -0.1) is 0 Å². The highest BCUT2D eigenvalue weighted by Crippen LogP contribution is 2.23. The van der Waals surface area contributed by atoms with E-state index in [1.165, 1.54) is 5.56 Å². The van der Waals surface area contributed by atoms with Crippen molar-refractivity contribution in [3.05, 3.63) is 71.9 Å². The second-order valence-corrected chi connectivity index (χ2v) is 7.97. The molecule has 1 heterocycles. The minimum Gasteiger partial charge on any atom is -0.383 e. The Morgan fingerprint density at radius 1 is 1.11 bits per heavy atom. The third-order valence-corrected chi connectivity index (χ3v) is 4.78. The standard InChI is InChI=1S/C24H28N2O2/c1-24(2,3)20-8-5-18(6-9-20)7-12-23(27)25-21-10-11-22-19(17-21)13-14-26(22)15-16-28-4/h5-14,17H,15-16H2,1-4H3,(H,25,27). The fourth-order valence-electron chi connectivity index (χ4n) is 3.11. The number of carbonyl (C=O) groups excluding carboxylic acids is 1. The Morgan fingerprint density at radius 2 is 1.86 bits per heavy atom. The summed E-state index contributed by atoms with van der Waals surface area (Å²) in [6.45, 7) is 8.04. The average molecular weight is 377 g/mol. The number of hydrogen-bond acceptors (Lipinski definition) is 2. The van der Waals surface area contributed by atoms with E-state index in [1.807, 2.05) is 48.7 Å². The highest BCUT2D eigenvalue weighted by Gasteiger charge is 2.12. The molecule has 0 aliphatic rings. The van der Waals surface area contributed by atoms with E-state index in [2.05, 4.69) is 42.8 Å². The Kier molecular flexibility index (Phi) is 6.00. The summed E-state index contributed by atoms with van der Waals surface area (Å²) in [5.41, 5.74) is 4.33. The lowest BCUT2D eigenvalue weighted by molar-refractivity contribution is -0.111. The lowest BCUT2D eigenvalue weighted by atomic mass is 9.87. The van der Waals surface area contributed by atoms with Crippen LogP contribution in [0.4, 0.5) is 5.69 Å². The molecule has 3 rings (SSSR count). The van der Waals surface area contributed by atoms with Crippen LogP contribution >= 0.6 is 0 Å². The van der Waals surface area contributed by atoms with Gasteiger partial charge in [0.05, 0.1) is 6.61 Å². The molecule has 1 N–H and O–H groups in total. The molecule has 0 saturated heterocycles. The van der Waals surface area contributed by atoms with Gasteiger partial charge in [0, 0.05) is 42.5 Å². The topological polar surface area (TPSA) is 43.3 Å². The predicted octanol–water partition coefficient (Wildman–Crippen LogP) is 5.24. The van der Waals surface area contributed by atoms with Gasteiger partial charge in [0.25, 0.3) is 0 Å². The maximum atomic E-state index is 12.3. The maximum Gasteiger partial charge on any atom is 0.248 e. The number of carbonyl (C=O) groups is 1. The molecular formula is C24H28N2O2. The molecule has 4 heteroatoms. The van der Waals surface area contributed by atoms with E-state index in [1.54, 1.807) is 13.2 Å². The number of anilines is 1. The summed E-state index contributed by atoms with van der Waals surface area (Å²) in [4.78, 5) is 12.3. The van der Waals surface area contributed by atoms with Crippen molar-refractivity contribution in [2.45, 2.75) is 32.7 Å². The van der Waals surface area contributed by atoms with E-state index in [0.29, 0.717) is 6.61 Å². The number of methoxy groups -OCH3 is 1. The number of amides is 1. The molecular weight excluding hydrogens is 348 g/mol. The molecule has 4 nitrogen and oxygen atoms in total. The van der Waals surface area contributed by atoms with Gasteiger partial charge in [0.2, 0.25) is 5.91 Å². The van der Waals surface area contributed by atoms with Gasteiger partial charge in [0.1, 0.15) is 0 Å². The van der Waals surface area contributed by atoms with Crippen LogP contribution in [0.3, 0.4) is 0 Å². The van der Waals surface area contributed by atoms with Crippen molar-refractivity contribution in [2.75, 3.05) is 19.0 Å². The van der Waals surface area contributed by atoms with Crippen LogP contribution in [-0.4, -0.2) is 24.2 Å². The zero-order valence-corrected chi connectivity index (χ0v) is 17.0. The Labute approximate surface area is 166 Å². The number of rotatable bonds is 6. The average Bonchev–Trinajstić information content (AvgIpc) is 3.06. The monoisotopic (exact) mass is 376 g/mol. The largest absolute Gasteiger partial charge is 0.383 e. The van der Waals surface area contributed by atoms with Gasteiger partial charge in [-0.05, 0) is 46.9 Å². The molecule has 0 bridgehead atoms. The summed E-state index contributed by atoms with van der Waals surface area (Å²) in [5, 5.41) is 4.03. The van der Waals surface area contributed by atoms with Gasteiger partial charge < -0.3 is 14.6 Å². The minimum absolute atomic E-state index is 0.126. The quantitative estimate of drug-likeness (QED) is 0.598. The Morgan fingerprint density at radius 3 is 2.54 bits per heavy atom. The van der Waals surface area contributed by atoms with E-state index in [9.17, 15) is 4.79 Å². The number of benzene rings is 2. The van der Waals surface area contributed by atoms with Crippen molar-refractivity contribution in [3.63, 3.8) is 0 Å². The molecule has 0 spiro atoms. The third kappa shape index (κ3) is 4.90. The van der Waals surface area contributed by atoms with Gasteiger partial charge in [-0.2, -0.15) is 0 Å². The summed E-state index contributed by atoms with van der Waals surface area (Å²) >= 11 is 0. The van der Waals surface area contributed by atoms with E-state index >= 15 is 0 Å². The number of nitrogens with one attached hydrogen (secondary N) is 1. The first-order valence-electron chi connectivity index (χ1n) is 9.54. The molecule has 28 heavy (non-hydrogen) atoms. The molecule has 0 aliphatic heterocycles. The van der Waals surface area contributed by atoms with Crippen LogP contribution in [0.2, 0.25) is 0 Å². The van der Waals surface area contributed by atoms with E-state index < -0.39 is 0 Å². The smallest absolute Gasteiger partial charge is 0.248 e. The molecule has 0 atom stereocenters. The van der Waals surface area contributed by atoms with Gasteiger partial charge >= 0.3 is 0 Å². The molecule has 2 aromatic carbocycles. The number of aromatic nitrogens is 1. The van der Waals surface area contributed by atoms with Crippen molar-refractivity contribution in [1.82, 2.24) is 4.57 Å². The van der Waals surface area contributed by atoms with Crippen molar-refractivity contribution in [1.29, 1.82) is 0 Å². The molecule has 0 radical (unpaired) electrons. The normalized spacial score (nSPS) is 12.0. The highest BCUT2D eigenvalue weighted by molar-refractivity contribution is 6.03. The first-order valence-corrected chi connectivity index (χ1v) is 9.54. The summed E-state index contributed by atoms with van der Waals surface area (Å²) < 4.78 is 7.29.